The SMILES string of the molecule is CN(C)C(C)(C)CNCc1ccccc1F. The molecule has 1 aromatic rings. The summed E-state index contributed by atoms with van der Waals surface area (Å²) in [5.41, 5.74) is 0.794. The molecule has 0 bridgehead atoms. The van der Waals surface area contributed by atoms with Crippen molar-refractivity contribution in [1.29, 1.82) is 0 Å². The minimum Gasteiger partial charge on any atom is -0.311 e. The molecule has 0 aliphatic heterocycles. The third kappa shape index (κ3) is 3.58. The lowest BCUT2D eigenvalue weighted by atomic mass is 10.0. The number of benzene rings is 1. The Labute approximate surface area is 97.5 Å². The first-order valence-corrected chi connectivity index (χ1v) is 5.55. The number of hydrogen-bond acceptors (Lipinski definition) is 2. The molecule has 0 aromatic heterocycles. The van der Waals surface area contributed by atoms with E-state index in [2.05, 4.69) is 24.1 Å². The highest BCUT2D eigenvalue weighted by Gasteiger charge is 2.19. The summed E-state index contributed by atoms with van der Waals surface area (Å²) in [6.07, 6.45) is 0. The lowest BCUT2D eigenvalue weighted by molar-refractivity contribution is 0.189. The number of nitrogens with one attached hydrogen (secondary N) is 1. The summed E-state index contributed by atoms with van der Waals surface area (Å²) in [5.74, 6) is -0.141. The molecule has 0 unspecified atom stereocenters. The maximum absolute atomic E-state index is 13.3. The van der Waals surface area contributed by atoms with Gasteiger partial charge in [-0.25, -0.2) is 4.39 Å². The summed E-state index contributed by atoms with van der Waals surface area (Å²) in [5, 5.41) is 3.28. The molecular weight excluding hydrogens is 203 g/mol. The molecule has 16 heavy (non-hydrogen) atoms. The van der Waals surface area contributed by atoms with Crippen LogP contribution in [-0.2, 0) is 6.54 Å². The van der Waals surface area contributed by atoms with Crippen molar-refractivity contribution in [3.8, 4) is 0 Å². The highest BCUT2D eigenvalue weighted by Crippen LogP contribution is 2.09. The fourth-order valence-electron chi connectivity index (χ4n) is 1.30. The van der Waals surface area contributed by atoms with E-state index in [0.717, 1.165) is 12.1 Å². The van der Waals surface area contributed by atoms with Gasteiger partial charge in [-0.1, -0.05) is 18.2 Å². The molecule has 1 N–H and O–H groups in total. The van der Waals surface area contributed by atoms with E-state index < -0.39 is 0 Å². The van der Waals surface area contributed by atoms with Gasteiger partial charge in [-0.3, -0.25) is 0 Å². The Morgan fingerprint density at radius 2 is 1.88 bits per heavy atom. The van der Waals surface area contributed by atoms with Gasteiger partial charge < -0.3 is 10.2 Å². The summed E-state index contributed by atoms with van der Waals surface area (Å²) in [4.78, 5) is 2.15. The molecule has 0 radical (unpaired) electrons. The number of nitrogens with zero attached hydrogens (tertiary/aromatic N) is 1. The largest absolute Gasteiger partial charge is 0.311 e. The van der Waals surface area contributed by atoms with Gasteiger partial charge in [0.1, 0.15) is 5.82 Å². The van der Waals surface area contributed by atoms with Crippen LogP contribution < -0.4 is 5.32 Å². The molecule has 90 valence electrons. The normalized spacial score (nSPS) is 12.1. The molecule has 0 spiro atoms. The molecular formula is C13H21FN2. The molecule has 0 aliphatic rings. The van der Waals surface area contributed by atoms with Crippen LogP contribution >= 0.6 is 0 Å². The summed E-state index contributed by atoms with van der Waals surface area (Å²) >= 11 is 0. The molecule has 0 heterocycles. The highest BCUT2D eigenvalue weighted by molar-refractivity contribution is 5.16. The topological polar surface area (TPSA) is 15.3 Å². The number of hydrogen-bond donors (Lipinski definition) is 1. The first kappa shape index (κ1) is 13.1. The predicted molar refractivity (Wildman–Crippen MR) is 65.9 cm³/mol. The molecule has 0 saturated heterocycles. The van der Waals surface area contributed by atoms with Crippen molar-refractivity contribution in [2.75, 3.05) is 20.6 Å². The van der Waals surface area contributed by atoms with Crippen molar-refractivity contribution in [3.63, 3.8) is 0 Å². The van der Waals surface area contributed by atoms with E-state index in [1.54, 1.807) is 6.07 Å². The van der Waals surface area contributed by atoms with Crippen LogP contribution in [0, 0.1) is 5.82 Å². The lowest BCUT2D eigenvalue weighted by Gasteiger charge is -2.32. The van der Waals surface area contributed by atoms with E-state index in [0.29, 0.717) is 6.54 Å². The second kappa shape index (κ2) is 5.41. The third-order valence-electron chi connectivity index (χ3n) is 3.04. The molecule has 0 aliphatic carbocycles. The van der Waals surface area contributed by atoms with Crippen LogP contribution in [0.25, 0.3) is 0 Å². The zero-order valence-corrected chi connectivity index (χ0v) is 10.5. The second-order valence-corrected chi connectivity index (χ2v) is 4.90. The van der Waals surface area contributed by atoms with Gasteiger partial charge in [-0.15, -0.1) is 0 Å². The molecule has 0 amide bonds. The number of likely N-dealkylation sites (N-methyl/N-ethyl adjacent to an activating group) is 1. The molecule has 0 fully saturated rings. The Balaban J connectivity index is 2.45. The lowest BCUT2D eigenvalue weighted by Crippen LogP contribution is -2.46. The Bertz CT molecular complexity index is 334. The van der Waals surface area contributed by atoms with Gasteiger partial charge in [0.25, 0.3) is 0 Å². The van der Waals surface area contributed by atoms with Gasteiger partial charge in [0.05, 0.1) is 0 Å². The fraction of sp³-hybridized carbons (Fsp3) is 0.538. The monoisotopic (exact) mass is 224 g/mol. The minimum atomic E-state index is -0.141. The van der Waals surface area contributed by atoms with E-state index in [-0.39, 0.29) is 11.4 Å². The molecule has 2 nitrogen and oxygen atoms in total. The zero-order valence-electron chi connectivity index (χ0n) is 10.5. The van der Waals surface area contributed by atoms with Gasteiger partial charge in [-0.2, -0.15) is 0 Å². The van der Waals surface area contributed by atoms with Crippen LogP contribution in [0.3, 0.4) is 0 Å². The molecule has 0 atom stereocenters. The summed E-state index contributed by atoms with van der Waals surface area (Å²) in [7, 11) is 4.09. The van der Waals surface area contributed by atoms with Gasteiger partial charge in [0.15, 0.2) is 0 Å². The van der Waals surface area contributed by atoms with E-state index in [1.807, 2.05) is 26.2 Å². The van der Waals surface area contributed by atoms with Gasteiger partial charge in [-0.05, 0) is 34.0 Å². The molecule has 1 aromatic carbocycles. The summed E-state index contributed by atoms with van der Waals surface area (Å²) < 4.78 is 13.3. The van der Waals surface area contributed by atoms with E-state index in [4.69, 9.17) is 0 Å². The van der Waals surface area contributed by atoms with Crippen molar-refractivity contribution in [3.05, 3.63) is 35.6 Å². The minimum absolute atomic E-state index is 0.0747. The van der Waals surface area contributed by atoms with Crippen molar-refractivity contribution in [2.24, 2.45) is 0 Å². The Hall–Kier alpha value is -0.930. The first-order chi connectivity index (χ1) is 7.43. The summed E-state index contributed by atoms with van der Waals surface area (Å²) in [6.45, 7) is 5.71. The van der Waals surface area contributed by atoms with E-state index in [1.165, 1.54) is 6.07 Å². The van der Waals surface area contributed by atoms with Crippen LogP contribution in [0.5, 0.6) is 0 Å². The van der Waals surface area contributed by atoms with Gasteiger partial charge >= 0.3 is 0 Å². The van der Waals surface area contributed by atoms with Crippen molar-refractivity contribution >= 4 is 0 Å². The maximum Gasteiger partial charge on any atom is 0.127 e. The fourth-order valence-corrected chi connectivity index (χ4v) is 1.30. The van der Waals surface area contributed by atoms with Crippen molar-refractivity contribution in [1.82, 2.24) is 10.2 Å². The average Bonchev–Trinajstić information content (AvgIpc) is 2.20. The van der Waals surface area contributed by atoms with Crippen molar-refractivity contribution in [2.45, 2.75) is 25.9 Å². The number of rotatable bonds is 5. The van der Waals surface area contributed by atoms with E-state index in [9.17, 15) is 4.39 Å². The van der Waals surface area contributed by atoms with Crippen LogP contribution in [-0.4, -0.2) is 31.1 Å². The zero-order chi connectivity index (χ0) is 12.2. The Morgan fingerprint density at radius 3 is 2.44 bits per heavy atom. The third-order valence-corrected chi connectivity index (χ3v) is 3.04. The maximum atomic E-state index is 13.3. The Kier molecular flexibility index (Phi) is 4.44. The van der Waals surface area contributed by atoms with Crippen molar-refractivity contribution < 1.29 is 4.39 Å². The smallest absolute Gasteiger partial charge is 0.127 e. The second-order valence-electron chi connectivity index (χ2n) is 4.90. The van der Waals surface area contributed by atoms with Crippen LogP contribution in [0.2, 0.25) is 0 Å². The van der Waals surface area contributed by atoms with Crippen LogP contribution in [0.15, 0.2) is 24.3 Å². The molecule has 1 rings (SSSR count). The molecule has 0 saturated carbocycles. The highest BCUT2D eigenvalue weighted by atomic mass is 19.1. The summed E-state index contributed by atoms with van der Waals surface area (Å²) in [6, 6.07) is 6.87. The van der Waals surface area contributed by atoms with Gasteiger partial charge in [0.2, 0.25) is 0 Å². The predicted octanol–water partition coefficient (Wildman–Crippen LogP) is 2.26. The standard InChI is InChI=1S/C13H21FN2/c1-13(2,16(3)4)10-15-9-11-7-5-6-8-12(11)14/h5-8,15H,9-10H2,1-4H3. The first-order valence-electron chi connectivity index (χ1n) is 5.55. The average molecular weight is 224 g/mol. The molecule has 3 heteroatoms. The quantitative estimate of drug-likeness (QED) is 0.825. The number of halogens is 1. The van der Waals surface area contributed by atoms with Crippen LogP contribution in [0.4, 0.5) is 4.39 Å². The Morgan fingerprint density at radius 1 is 1.25 bits per heavy atom. The van der Waals surface area contributed by atoms with E-state index >= 15 is 0 Å². The van der Waals surface area contributed by atoms with Gasteiger partial charge in [0, 0.05) is 24.2 Å². The van der Waals surface area contributed by atoms with Crippen LogP contribution in [0.1, 0.15) is 19.4 Å².